The summed E-state index contributed by atoms with van der Waals surface area (Å²) in [4.78, 5) is 4.87. The van der Waals surface area contributed by atoms with Crippen LogP contribution in [0.5, 0.6) is 0 Å². The van der Waals surface area contributed by atoms with Crippen LogP contribution in [0.2, 0.25) is 0 Å². The second-order valence-corrected chi connectivity index (χ2v) is 4.85. The van der Waals surface area contributed by atoms with Crippen LogP contribution < -0.4 is 5.32 Å². The van der Waals surface area contributed by atoms with Crippen molar-refractivity contribution >= 4 is 0 Å². The van der Waals surface area contributed by atoms with Gasteiger partial charge in [-0.1, -0.05) is 0 Å². The molecule has 1 N–H and O–H groups in total. The van der Waals surface area contributed by atoms with Gasteiger partial charge in [0.25, 0.3) is 0 Å². The Morgan fingerprint density at radius 3 is 2.61 bits per heavy atom. The lowest BCUT2D eigenvalue weighted by Gasteiger charge is -2.29. The highest BCUT2D eigenvalue weighted by Crippen LogP contribution is 1.93. The third-order valence-electron chi connectivity index (χ3n) is 3.26. The molecule has 0 atom stereocenters. The van der Waals surface area contributed by atoms with E-state index in [1.807, 2.05) is 0 Å². The van der Waals surface area contributed by atoms with Crippen molar-refractivity contribution in [1.29, 1.82) is 0 Å². The van der Waals surface area contributed by atoms with Crippen LogP contribution in [0.3, 0.4) is 0 Å². The molecule has 0 unspecified atom stereocenters. The van der Waals surface area contributed by atoms with Gasteiger partial charge in [0.1, 0.15) is 0 Å². The normalized spacial score (nSPS) is 17.5. The number of piperazine rings is 1. The zero-order chi connectivity index (χ0) is 13.1. The zero-order valence-electron chi connectivity index (χ0n) is 12.0. The van der Waals surface area contributed by atoms with E-state index in [0.29, 0.717) is 0 Å². The molecule has 1 fully saturated rings. The highest BCUT2D eigenvalue weighted by atomic mass is 16.5. The highest BCUT2D eigenvalue weighted by molar-refractivity contribution is 4.68. The quantitative estimate of drug-likeness (QED) is 0.554. The van der Waals surface area contributed by atoms with E-state index in [1.54, 1.807) is 7.11 Å². The van der Waals surface area contributed by atoms with Crippen molar-refractivity contribution in [2.75, 3.05) is 79.8 Å². The zero-order valence-corrected chi connectivity index (χ0v) is 12.0. The molecule has 0 aromatic rings. The van der Waals surface area contributed by atoms with Gasteiger partial charge >= 0.3 is 0 Å². The summed E-state index contributed by atoms with van der Waals surface area (Å²) in [6.45, 7) is 10.4. The Hall–Kier alpha value is -0.200. The Balaban J connectivity index is 1.88. The number of hydrogen-bond donors (Lipinski definition) is 1. The molecule has 1 heterocycles. The number of nitrogens with one attached hydrogen (secondary N) is 1. The SMILES string of the molecule is COCCCOCCN(C)CCN1CCNCC1. The van der Waals surface area contributed by atoms with E-state index in [1.165, 1.54) is 19.6 Å². The van der Waals surface area contributed by atoms with Gasteiger partial charge in [-0.05, 0) is 13.5 Å². The number of methoxy groups -OCH3 is 1. The summed E-state index contributed by atoms with van der Waals surface area (Å²) in [6, 6.07) is 0. The van der Waals surface area contributed by atoms with Crippen LogP contribution in [-0.2, 0) is 9.47 Å². The molecule has 1 aliphatic heterocycles. The molecule has 1 aliphatic rings. The highest BCUT2D eigenvalue weighted by Gasteiger charge is 2.09. The number of hydrogen-bond acceptors (Lipinski definition) is 5. The minimum atomic E-state index is 0.791. The summed E-state index contributed by atoms with van der Waals surface area (Å²) in [7, 11) is 3.89. The Morgan fingerprint density at radius 1 is 1.11 bits per heavy atom. The average Bonchev–Trinajstić information content (AvgIpc) is 2.41. The fourth-order valence-corrected chi connectivity index (χ4v) is 1.99. The monoisotopic (exact) mass is 259 g/mol. The van der Waals surface area contributed by atoms with Crippen molar-refractivity contribution in [3.8, 4) is 0 Å². The van der Waals surface area contributed by atoms with Crippen molar-refractivity contribution in [1.82, 2.24) is 15.1 Å². The summed E-state index contributed by atoms with van der Waals surface area (Å²) in [5.41, 5.74) is 0. The molecule has 1 saturated heterocycles. The van der Waals surface area contributed by atoms with Gasteiger partial charge in [0.2, 0.25) is 0 Å². The molecule has 0 saturated carbocycles. The van der Waals surface area contributed by atoms with Gasteiger partial charge in [0.15, 0.2) is 0 Å². The molecule has 0 amide bonds. The van der Waals surface area contributed by atoms with Gasteiger partial charge < -0.3 is 19.7 Å². The summed E-state index contributed by atoms with van der Waals surface area (Å²) < 4.78 is 10.5. The van der Waals surface area contributed by atoms with Crippen molar-refractivity contribution in [3.63, 3.8) is 0 Å². The molecule has 108 valence electrons. The van der Waals surface area contributed by atoms with Crippen molar-refractivity contribution in [2.24, 2.45) is 0 Å². The number of ether oxygens (including phenoxy) is 2. The van der Waals surface area contributed by atoms with Crippen molar-refractivity contribution in [3.05, 3.63) is 0 Å². The first-order chi connectivity index (χ1) is 8.83. The minimum absolute atomic E-state index is 0.791. The molecule has 0 aromatic heterocycles. The Bertz CT molecular complexity index is 187. The first-order valence-electron chi connectivity index (χ1n) is 7.01. The van der Waals surface area contributed by atoms with E-state index in [-0.39, 0.29) is 0 Å². The molecule has 18 heavy (non-hydrogen) atoms. The largest absolute Gasteiger partial charge is 0.385 e. The van der Waals surface area contributed by atoms with Gasteiger partial charge in [-0.25, -0.2) is 0 Å². The van der Waals surface area contributed by atoms with E-state index in [4.69, 9.17) is 9.47 Å². The van der Waals surface area contributed by atoms with Crippen LogP contribution in [0.1, 0.15) is 6.42 Å². The molecular weight excluding hydrogens is 230 g/mol. The minimum Gasteiger partial charge on any atom is -0.385 e. The molecule has 0 aromatic carbocycles. The molecular formula is C13H29N3O2. The molecule has 1 rings (SSSR count). The fraction of sp³-hybridized carbons (Fsp3) is 1.00. The van der Waals surface area contributed by atoms with Crippen LogP contribution in [-0.4, -0.2) is 89.6 Å². The third-order valence-corrected chi connectivity index (χ3v) is 3.26. The smallest absolute Gasteiger partial charge is 0.0593 e. The summed E-state index contributed by atoms with van der Waals surface area (Å²) in [5.74, 6) is 0. The first-order valence-corrected chi connectivity index (χ1v) is 7.01. The maximum Gasteiger partial charge on any atom is 0.0593 e. The van der Waals surface area contributed by atoms with E-state index in [0.717, 1.165) is 52.4 Å². The maximum atomic E-state index is 5.55. The van der Waals surface area contributed by atoms with Gasteiger partial charge in [0, 0.05) is 66.1 Å². The van der Waals surface area contributed by atoms with E-state index in [2.05, 4.69) is 22.2 Å². The average molecular weight is 259 g/mol. The Kier molecular flexibility index (Phi) is 9.42. The number of rotatable bonds is 10. The molecule has 0 bridgehead atoms. The third kappa shape index (κ3) is 8.00. The maximum absolute atomic E-state index is 5.55. The molecule has 5 heteroatoms. The lowest BCUT2D eigenvalue weighted by molar-refractivity contribution is 0.0860. The predicted octanol–water partition coefficient (Wildman–Crippen LogP) is -0.123. The molecule has 5 nitrogen and oxygen atoms in total. The predicted molar refractivity (Wildman–Crippen MR) is 74.1 cm³/mol. The Labute approximate surface area is 111 Å². The summed E-state index contributed by atoms with van der Waals surface area (Å²) in [5, 5.41) is 3.38. The standard InChI is InChI=1S/C13H29N3O2/c1-15(10-13-18-12-3-11-17-2)8-9-16-6-4-14-5-7-16/h14H,3-13H2,1-2H3. The van der Waals surface area contributed by atoms with Gasteiger partial charge in [0.05, 0.1) is 6.61 Å². The lowest BCUT2D eigenvalue weighted by Crippen LogP contribution is -2.46. The summed E-state index contributed by atoms with van der Waals surface area (Å²) in [6.07, 6.45) is 0.987. The number of likely N-dealkylation sites (N-methyl/N-ethyl adjacent to an activating group) is 1. The van der Waals surface area contributed by atoms with E-state index >= 15 is 0 Å². The van der Waals surface area contributed by atoms with Gasteiger partial charge in [-0.3, -0.25) is 4.90 Å². The second-order valence-electron chi connectivity index (χ2n) is 4.85. The van der Waals surface area contributed by atoms with E-state index in [9.17, 15) is 0 Å². The van der Waals surface area contributed by atoms with Crippen molar-refractivity contribution < 1.29 is 9.47 Å². The summed E-state index contributed by atoms with van der Waals surface area (Å²) >= 11 is 0. The van der Waals surface area contributed by atoms with Crippen LogP contribution >= 0.6 is 0 Å². The second kappa shape index (κ2) is 10.7. The van der Waals surface area contributed by atoms with Crippen LogP contribution in [0.4, 0.5) is 0 Å². The first kappa shape index (κ1) is 15.9. The lowest BCUT2D eigenvalue weighted by atomic mass is 10.3. The molecule has 0 radical (unpaired) electrons. The topological polar surface area (TPSA) is 37.0 Å². The molecule has 0 aliphatic carbocycles. The van der Waals surface area contributed by atoms with Gasteiger partial charge in [-0.15, -0.1) is 0 Å². The Morgan fingerprint density at radius 2 is 1.89 bits per heavy atom. The van der Waals surface area contributed by atoms with E-state index < -0.39 is 0 Å². The molecule has 0 spiro atoms. The van der Waals surface area contributed by atoms with Crippen LogP contribution in [0.25, 0.3) is 0 Å². The van der Waals surface area contributed by atoms with Crippen LogP contribution in [0, 0.1) is 0 Å². The van der Waals surface area contributed by atoms with Crippen LogP contribution in [0.15, 0.2) is 0 Å². The van der Waals surface area contributed by atoms with Gasteiger partial charge in [-0.2, -0.15) is 0 Å². The fourth-order valence-electron chi connectivity index (χ4n) is 1.99. The van der Waals surface area contributed by atoms with Crippen molar-refractivity contribution in [2.45, 2.75) is 6.42 Å². The number of nitrogens with zero attached hydrogens (tertiary/aromatic N) is 2.